The second-order valence-corrected chi connectivity index (χ2v) is 8.16. The number of alkyl halides is 3. The lowest BCUT2D eigenvalue weighted by molar-refractivity contribution is -0.137. The van der Waals surface area contributed by atoms with Gasteiger partial charge in [0.25, 0.3) is 11.5 Å². The number of hydrogen-bond acceptors (Lipinski definition) is 4. The zero-order chi connectivity index (χ0) is 25.2. The summed E-state index contributed by atoms with van der Waals surface area (Å²) in [5.41, 5.74) is -1.21. The quantitative estimate of drug-likeness (QED) is 0.499. The number of amides is 1. The monoisotopic (exact) mass is 477 g/mol. The molecule has 0 unspecified atom stereocenters. The third-order valence-corrected chi connectivity index (χ3v) is 5.06. The third kappa shape index (κ3) is 5.51. The number of aliphatic hydroxyl groups is 1. The Morgan fingerprint density at radius 1 is 1.12 bits per heavy atom. The van der Waals surface area contributed by atoms with Gasteiger partial charge >= 0.3 is 6.18 Å². The summed E-state index contributed by atoms with van der Waals surface area (Å²) >= 11 is 0. The van der Waals surface area contributed by atoms with Crippen molar-refractivity contribution in [3.05, 3.63) is 81.4 Å². The van der Waals surface area contributed by atoms with E-state index in [1.54, 1.807) is 18.2 Å². The van der Waals surface area contributed by atoms with Crippen molar-refractivity contribution in [2.75, 3.05) is 5.32 Å². The molecule has 3 aromatic rings. The van der Waals surface area contributed by atoms with E-state index < -0.39 is 40.7 Å². The van der Waals surface area contributed by atoms with Gasteiger partial charge in [0.05, 0.1) is 29.5 Å². The molecule has 0 spiro atoms. The summed E-state index contributed by atoms with van der Waals surface area (Å²) in [5, 5.41) is 16.4. The lowest BCUT2D eigenvalue weighted by Crippen LogP contribution is -2.29. The minimum absolute atomic E-state index is 0.0274. The van der Waals surface area contributed by atoms with Gasteiger partial charge in [-0.05, 0) is 36.6 Å². The highest BCUT2D eigenvalue weighted by Crippen LogP contribution is 2.33. The van der Waals surface area contributed by atoms with Crippen LogP contribution < -0.4 is 10.9 Å². The molecular weight excluding hydrogens is 454 g/mol. The number of halogens is 4. The Morgan fingerprint density at radius 2 is 1.79 bits per heavy atom. The van der Waals surface area contributed by atoms with Crippen LogP contribution in [0.2, 0.25) is 0 Å². The number of carbonyl (C=O) groups is 1. The van der Waals surface area contributed by atoms with E-state index in [1.807, 2.05) is 19.9 Å². The number of rotatable bonds is 6. The normalized spacial score (nSPS) is 12.6. The number of anilines is 1. The fourth-order valence-corrected chi connectivity index (χ4v) is 3.45. The Kier molecular flexibility index (Phi) is 7.21. The molecular formula is C24H23F4N3O3. The van der Waals surface area contributed by atoms with Crippen LogP contribution in [0, 0.1) is 5.82 Å². The molecule has 2 aromatic carbocycles. The summed E-state index contributed by atoms with van der Waals surface area (Å²) in [6.45, 7) is 5.22. The fraction of sp³-hybridized carbons (Fsp3) is 0.292. The first-order valence-corrected chi connectivity index (χ1v) is 10.5. The van der Waals surface area contributed by atoms with Crippen LogP contribution in [-0.4, -0.2) is 26.9 Å². The van der Waals surface area contributed by atoms with Crippen LogP contribution in [0.15, 0.2) is 53.3 Å². The van der Waals surface area contributed by atoms with Crippen LogP contribution in [0.25, 0.3) is 11.3 Å². The molecule has 1 heterocycles. The van der Waals surface area contributed by atoms with Gasteiger partial charge in [-0.25, -0.2) is 9.07 Å². The van der Waals surface area contributed by atoms with Crippen molar-refractivity contribution in [1.29, 1.82) is 0 Å². The van der Waals surface area contributed by atoms with Crippen molar-refractivity contribution >= 4 is 11.6 Å². The van der Waals surface area contributed by atoms with Crippen molar-refractivity contribution in [2.24, 2.45) is 0 Å². The average Bonchev–Trinajstić information content (AvgIpc) is 2.74. The number of nitrogens with one attached hydrogen (secondary N) is 1. The van der Waals surface area contributed by atoms with E-state index in [9.17, 15) is 32.3 Å². The summed E-state index contributed by atoms with van der Waals surface area (Å²) in [4.78, 5) is 25.4. The Hall–Kier alpha value is -3.53. The molecule has 0 bridgehead atoms. The molecule has 0 aliphatic carbocycles. The number of aromatic nitrogens is 2. The molecule has 6 nitrogen and oxygen atoms in total. The molecule has 2 N–H and O–H groups in total. The predicted octanol–water partition coefficient (Wildman–Crippen LogP) is 4.82. The molecule has 1 atom stereocenters. The minimum atomic E-state index is -4.77. The van der Waals surface area contributed by atoms with Crippen molar-refractivity contribution in [3.63, 3.8) is 0 Å². The van der Waals surface area contributed by atoms with E-state index >= 15 is 0 Å². The lowest BCUT2D eigenvalue weighted by atomic mass is 9.94. The molecule has 1 amide bonds. The average molecular weight is 477 g/mol. The topological polar surface area (TPSA) is 84.2 Å². The van der Waals surface area contributed by atoms with Gasteiger partial charge in [-0.2, -0.15) is 18.3 Å². The number of benzene rings is 2. The first-order valence-electron chi connectivity index (χ1n) is 10.5. The van der Waals surface area contributed by atoms with Crippen molar-refractivity contribution in [3.8, 4) is 11.3 Å². The Morgan fingerprint density at radius 3 is 2.41 bits per heavy atom. The SMILES string of the molecule is CC(C)c1ccccc1-c1nn(C[C@H](C)O)c(=O)cc1NC(=O)c1cc(C(F)(F)F)ccc1F. The van der Waals surface area contributed by atoms with Crippen molar-refractivity contribution in [2.45, 2.75) is 45.5 Å². The van der Waals surface area contributed by atoms with Gasteiger partial charge in [0, 0.05) is 11.6 Å². The minimum Gasteiger partial charge on any atom is -0.391 e. The molecule has 10 heteroatoms. The van der Waals surface area contributed by atoms with Crippen molar-refractivity contribution in [1.82, 2.24) is 9.78 Å². The highest BCUT2D eigenvalue weighted by Gasteiger charge is 2.32. The van der Waals surface area contributed by atoms with Gasteiger partial charge in [0.2, 0.25) is 0 Å². The molecule has 3 rings (SSSR count). The number of hydrogen-bond donors (Lipinski definition) is 2. The van der Waals surface area contributed by atoms with E-state index in [2.05, 4.69) is 10.4 Å². The third-order valence-electron chi connectivity index (χ3n) is 5.06. The highest BCUT2D eigenvalue weighted by atomic mass is 19.4. The Labute approximate surface area is 192 Å². The van der Waals surface area contributed by atoms with Gasteiger partial charge in [-0.1, -0.05) is 38.1 Å². The summed E-state index contributed by atoms with van der Waals surface area (Å²) in [7, 11) is 0. The molecule has 34 heavy (non-hydrogen) atoms. The number of nitrogens with zero attached hydrogens (tertiary/aromatic N) is 2. The van der Waals surface area contributed by atoms with Crippen LogP contribution in [0.4, 0.5) is 23.2 Å². The van der Waals surface area contributed by atoms with Gasteiger partial charge in [0.15, 0.2) is 0 Å². The molecule has 0 aliphatic rings. The van der Waals surface area contributed by atoms with Gasteiger partial charge in [0.1, 0.15) is 11.5 Å². The van der Waals surface area contributed by atoms with Crippen LogP contribution in [-0.2, 0) is 12.7 Å². The summed E-state index contributed by atoms with van der Waals surface area (Å²) in [6.07, 6.45) is -5.66. The van der Waals surface area contributed by atoms with E-state index in [1.165, 1.54) is 6.92 Å². The molecule has 0 radical (unpaired) electrons. The first kappa shape index (κ1) is 25.1. The Bertz CT molecular complexity index is 1270. The molecule has 0 saturated carbocycles. The van der Waals surface area contributed by atoms with E-state index in [0.717, 1.165) is 16.3 Å². The second-order valence-electron chi connectivity index (χ2n) is 8.16. The summed E-state index contributed by atoms with van der Waals surface area (Å²) in [6, 6.07) is 9.64. The van der Waals surface area contributed by atoms with E-state index in [4.69, 9.17) is 0 Å². The van der Waals surface area contributed by atoms with Gasteiger partial charge in [-0.15, -0.1) is 0 Å². The second kappa shape index (κ2) is 9.76. The van der Waals surface area contributed by atoms with E-state index in [-0.39, 0.29) is 23.8 Å². The van der Waals surface area contributed by atoms with Crippen LogP contribution in [0.1, 0.15) is 48.2 Å². The zero-order valence-corrected chi connectivity index (χ0v) is 18.7. The number of carbonyl (C=O) groups excluding carboxylic acids is 1. The Balaban J connectivity index is 2.15. The molecule has 0 fully saturated rings. The molecule has 180 valence electrons. The molecule has 0 aliphatic heterocycles. The highest BCUT2D eigenvalue weighted by molar-refractivity contribution is 6.06. The standard InChI is InChI=1S/C24H23F4N3O3/c1-13(2)16-6-4-5-7-17(16)22-20(11-21(33)31(30-22)12-14(3)32)29-23(34)18-10-15(24(26,27)28)8-9-19(18)25/h4-11,13-14,32H,12H2,1-3H3,(H,29,34)/t14-/m0/s1. The largest absolute Gasteiger partial charge is 0.416 e. The fourth-order valence-electron chi connectivity index (χ4n) is 3.45. The summed E-state index contributed by atoms with van der Waals surface area (Å²) < 4.78 is 54.5. The van der Waals surface area contributed by atoms with Crippen LogP contribution >= 0.6 is 0 Å². The molecule has 0 saturated heterocycles. The maximum absolute atomic E-state index is 14.3. The van der Waals surface area contributed by atoms with Crippen LogP contribution in [0.3, 0.4) is 0 Å². The van der Waals surface area contributed by atoms with E-state index in [0.29, 0.717) is 23.8 Å². The summed E-state index contributed by atoms with van der Waals surface area (Å²) in [5.74, 6) is -2.29. The predicted molar refractivity (Wildman–Crippen MR) is 119 cm³/mol. The lowest BCUT2D eigenvalue weighted by Gasteiger charge is -2.18. The molecule has 1 aromatic heterocycles. The first-order chi connectivity index (χ1) is 15.9. The van der Waals surface area contributed by atoms with Crippen molar-refractivity contribution < 1.29 is 27.5 Å². The maximum Gasteiger partial charge on any atom is 0.416 e. The zero-order valence-electron chi connectivity index (χ0n) is 18.7. The number of aliphatic hydroxyl groups excluding tert-OH is 1. The van der Waals surface area contributed by atoms with Crippen LogP contribution in [0.5, 0.6) is 0 Å². The van der Waals surface area contributed by atoms with Gasteiger partial charge in [-0.3, -0.25) is 9.59 Å². The smallest absolute Gasteiger partial charge is 0.391 e. The maximum atomic E-state index is 14.3. The van der Waals surface area contributed by atoms with Gasteiger partial charge < -0.3 is 10.4 Å².